The van der Waals surface area contributed by atoms with Crippen LogP contribution in [0.5, 0.6) is 5.75 Å². The third-order valence-corrected chi connectivity index (χ3v) is 6.34. The maximum atomic E-state index is 12.2. The van der Waals surface area contributed by atoms with Crippen LogP contribution in [0.25, 0.3) is 6.08 Å². The van der Waals surface area contributed by atoms with Crippen molar-refractivity contribution in [3.05, 3.63) is 35.9 Å². The molecule has 0 spiro atoms. The van der Waals surface area contributed by atoms with Gasteiger partial charge in [0.15, 0.2) is 0 Å². The van der Waals surface area contributed by atoms with E-state index in [1.54, 1.807) is 6.08 Å². The first kappa shape index (κ1) is 21.2. The molecule has 28 heavy (non-hydrogen) atoms. The van der Waals surface area contributed by atoms with Crippen molar-refractivity contribution < 1.29 is 9.53 Å². The second-order valence-electron chi connectivity index (χ2n) is 8.23. The van der Waals surface area contributed by atoms with Gasteiger partial charge in [0.1, 0.15) is 11.9 Å². The van der Waals surface area contributed by atoms with E-state index in [2.05, 4.69) is 4.90 Å². The van der Waals surface area contributed by atoms with Crippen molar-refractivity contribution in [2.24, 2.45) is 0 Å². The number of hydrogen-bond acceptors (Lipinski definition) is 3. The lowest BCUT2D eigenvalue weighted by Gasteiger charge is -2.41. The van der Waals surface area contributed by atoms with Crippen molar-refractivity contribution in [2.45, 2.75) is 63.5 Å². The quantitative estimate of drug-likeness (QED) is 0.676. The molecule has 2 heterocycles. The minimum atomic E-state index is 0. The Balaban J connectivity index is 0.00000225. The summed E-state index contributed by atoms with van der Waals surface area (Å²) in [7, 11) is 0. The second-order valence-corrected chi connectivity index (χ2v) is 8.23. The Morgan fingerprint density at radius 1 is 0.893 bits per heavy atom. The Kier molecular flexibility index (Phi) is 7.81. The molecule has 0 atom stereocenters. The number of piperidine rings is 2. The molecule has 0 unspecified atom stereocenters. The SMILES string of the molecule is Cl.O=C(/C=C/c1ccc(OC2CCN(C3CCC3)CC2)cc1)N1CCCCC1. The molecule has 0 N–H and O–H groups in total. The van der Waals surface area contributed by atoms with Crippen LogP contribution in [0.3, 0.4) is 0 Å². The molecule has 4 nitrogen and oxygen atoms in total. The number of ether oxygens (including phenoxy) is 1. The van der Waals surface area contributed by atoms with E-state index in [4.69, 9.17) is 4.74 Å². The van der Waals surface area contributed by atoms with E-state index >= 15 is 0 Å². The molecule has 2 aliphatic heterocycles. The highest BCUT2D eigenvalue weighted by Gasteiger charge is 2.29. The van der Waals surface area contributed by atoms with Crippen LogP contribution < -0.4 is 4.74 Å². The molecule has 1 saturated carbocycles. The molecule has 4 rings (SSSR count). The summed E-state index contributed by atoms with van der Waals surface area (Å²) in [6.45, 7) is 4.15. The van der Waals surface area contributed by atoms with Gasteiger partial charge in [-0.3, -0.25) is 4.79 Å². The lowest BCUT2D eigenvalue weighted by molar-refractivity contribution is -0.126. The number of nitrogens with zero attached hydrogens (tertiary/aromatic N) is 2. The summed E-state index contributed by atoms with van der Waals surface area (Å²) in [5.74, 6) is 1.07. The maximum absolute atomic E-state index is 12.2. The Labute approximate surface area is 175 Å². The van der Waals surface area contributed by atoms with E-state index in [1.807, 2.05) is 35.2 Å². The average Bonchev–Trinajstić information content (AvgIpc) is 2.68. The van der Waals surface area contributed by atoms with Gasteiger partial charge in [-0.15, -0.1) is 12.4 Å². The normalized spacial score (nSPS) is 21.9. The van der Waals surface area contributed by atoms with Crippen LogP contribution in [-0.4, -0.2) is 54.0 Å². The molecule has 5 heteroatoms. The molecular formula is C23H33ClN2O2. The Bertz CT molecular complexity index is 643. The molecule has 0 radical (unpaired) electrons. The van der Waals surface area contributed by atoms with Gasteiger partial charge in [-0.25, -0.2) is 0 Å². The van der Waals surface area contributed by atoms with E-state index < -0.39 is 0 Å². The van der Waals surface area contributed by atoms with Gasteiger partial charge >= 0.3 is 0 Å². The topological polar surface area (TPSA) is 32.8 Å². The number of hydrogen-bond donors (Lipinski definition) is 0. The standard InChI is InChI=1S/C23H32N2O2.ClH/c26-23(25-15-2-1-3-16-25)12-9-19-7-10-21(11-8-19)27-22-13-17-24(18-14-22)20-5-4-6-20;/h7-12,20,22H,1-6,13-18H2;1H/b12-9+;. The van der Waals surface area contributed by atoms with Crippen molar-refractivity contribution >= 4 is 24.4 Å². The molecule has 1 amide bonds. The van der Waals surface area contributed by atoms with Gasteiger partial charge in [0.2, 0.25) is 5.91 Å². The van der Waals surface area contributed by atoms with Crippen molar-refractivity contribution in [2.75, 3.05) is 26.2 Å². The fourth-order valence-electron chi connectivity index (χ4n) is 4.35. The number of amides is 1. The number of carbonyl (C=O) groups excluding carboxylic acids is 1. The number of benzene rings is 1. The third kappa shape index (κ3) is 5.51. The lowest BCUT2D eigenvalue weighted by Crippen LogP contribution is -2.46. The van der Waals surface area contributed by atoms with Crippen LogP contribution in [0.1, 0.15) is 56.9 Å². The number of rotatable bonds is 5. The maximum Gasteiger partial charge on any atom is 0.246 e. The van der Waals surface area contributed by atoms with Gasteiger partial charge in [0.05, 0.1) is 0 Å². The van der Waals surface area contributed by atoms with E-state index in [-0.39, 0.29) is 18.3 Å². The molecule has 0 bridgehead atoms. The smallest absolute Gasteiger partial charge is 0.246 e. The van der Waals surface area contributed by atoms with Gasteiger partial charge in [0, 0.05) is 38.3 Å². The van der Waals surface area contributed by atoms with Crippen LogP contribution >= 0.6 is 12.4 Å². The highest BCUT2D eigenvalue weighted by atomic mass is 35.5. The number of halogens is 1. The Morgan fingerprint density at radius 2 is 1.57 bits per heavy atom. The first-order valence-electron chi connectivity index (χ1n) is 10.8. The summed E-state index contributed by atoms with van der Waals surface area (Å²) in [6, 6.07) is 8.99. The zero-order chi connectivity index (χ0) is 18.5. The van der Waals surface area contributed by atoms with Gasteiger partial charge in [-0.2, -0.15) is 0 Å². The minimum absolute atomic E-state index is 0. The summed E-state index contributed by atoms with van der Waals surface area (Å²) in [6.07, 6.45) is 13.9. The summed E-state index contributed by atoms with van der Waals surface area (Å²) in [4.78, 5) is 16.8. The Hall–Kier alpha value is -1.52. The van der Waals surface area contributed by atoms with E-state index in [1.165, 1.54) is 38.8 Å². The number of likely N-dealkylation sites (tertiary alicyclic amines) is 2. The largest absolute Gasteiger partial charge is 0.490 e. The van der Waals surface area contributed by atoms with Crippen LogP contribution in [0.15, 0.2) is 30.3 Å². The molecule has 3 aliphatic rings. The van der Waals surface area contributed by atoms with E-state index in [0.717, 1.165) is 56.1 Å². The molecule has 2 saturated heterocycles. The summed E-state index contributed by atoms with van der Waals surface area (Å²) < 4.78 is 6.18. The molecule has 1 aromatic carbocycles. The molecular weight excluding hydrogens is 372 g/mol. The second kappa shape index (κ2) is 10.3. The van der Waals surface area contributed by atoms with Crippen molar-refractivity contribution in [1.82, 2.24) is 9.80 Å². The number of carbonyl (C=O) groups is 1. The van der Waals surface area contributed by atoms with E-state index in [9.17, 15) is 4.79 Å². The van der Waals surface area contributed by atoms with Gasteiger partial charge in [-0.1, -0.05) is 18.6 Å². The zero-order valence-corrected chi connectivity index (χ0v) is 17.5. The summed E-state index contributed by atoms with van der Waals surface area (Å²) in [5, 5.41) is 0. The molecule has 154 valence electrons. The predicted octanol–water partition coefficient (Wildman–Crippen LogP) is 4.53. The highest BCUT2D eigenvalue weighted by molar-refractivity contribution is 5.91. The van der Waals surface area contributed by atoms with E-state index in [0.29, 0.717) is 6.10 Å². The van der Waals surface area contributed by atoms with Crippen LogP contribution in [0.2, 0.25) is 0 Å². The van der Waals surface area contributed by atoms with Gasteiger partial charge in [-0.05, 0) is 68.7 Å². The van der Waals surface area contributed by atoms with Crippen LogP contribution in [0.4, 0.5) is 0 Å². The average molecular weight is 405 g/mol. The van der Waals surface area contributed by atoms with Crippen molar-refractivity contribution in [1.29, 1.82) is 0 Å². The molecule has 3 fully saturated rings. The fourth-order valence-corrected chi connectivity index (χ4v) is 4.35. The fraction of sp³-hybridized carbons (Fsp3) is 0.609. The summed E-state index contributed by atoms with van der Waals surface area (Å²) in [5.41, 5.74) is 1.05. The monoisotopic (exact) mass is 404 g/mol. The minimum Gasteiger partial charge on any atom is -0.490 e. The third-order valence-electron chi connectivity index (χ3n) is 6.34. The zero-order valence-electron chi connectivity index (χ0n) is 16.7. The van der Waals surface area contributed by atoms with Gasteiger partial charge in [0.25, 0.3) is 0 Å². The first-order chi connectivity index (χ1) is 13.3. The summed E-state index contributed by atoms with van der Waals surface area (Å²) >= 11 is 0. The van der Waals surface area contributed by atoms with Crippen LogP contribution in [-0.2, 0) is 4.79 Å². The first-order valence-corrected chi connectivity index (χ1v) is 10.8. The van der Waals surface area contributed by atoms with Crippen LogP contribution in [0, 0.1) is 0 Å². The van der Waals surface area contributed by atoms with Gasteiger partial charge < -0.3 is 14.5 Å². The predicted molar refractivity (Wildman–Crippen MR) is 116 cm³/mol. The van der Waals surface area contributed by atoms with Crippen molar-refractivity contribution in [3.8, 4) is 5.75 Å². The Morgan fingerprint density at radius 3 is 2.18 bits per heavy atom. The highest BCUT2D eigenvalue weighted by Crippen LogP contribution is 2.28. The van der Waals surface area contributed by atoms with Crippen molar-refractivity contribution in [3.63, 3.8) is 0 Å². The molecule has 1 aromatic rings. The molecule has 1 aliphatic carbocycles. The lowest BCUT2D eigenvalue weighted by atomic mass is 9.90. The molecule has 0 aromatic heterocycles.